The van der Waals surface area contributed by atoms with E-state index in [2.05, 4.69) is 15.4 Å². The maximum atomic E-state index is 13.5. The van der Waals surface area contributed by atoms with Crippen molar-refractivity contribution < 1.29 is 17.9 Å². The van der Waals surface area contributed by atoms with Crippen molar-refractivity contribution in [3.8, 4) is 5.75 Å². The van der Waals surface area contributed by atoms with Gasteiger partial charge in [0, 0.05) is 18.3 Å². The monoisotopic (exact) mass is 274 g/mol. The minimum Gasteiger partial charge on any atom is -0.432 e. The number of alkyl halides is 2. The van der Waals surface area contributed by atoms with E-state index in [1.54, 1.807) is 0 Å². The molecule has 3 nitrogen and oxygen atoms in total. The molecule has 1 aliphatic rings. The number of benzene rings is 1. The fraction of sp³-hybridized carbons (Fsp3) is 0.538. The minimum atomic E-state index is -3.01. The fourth-order valence-corrected chi connectivity index (χ4v) is 2.16. The number of anilines is 1. The van der Waals surface area contributed by atoms with Crippen LogP contribution in [0.1, 0.15) is 12.8 Å². The zero-order chi connectivity index (χ0) is 13.7. The summed E-state index contributed by atoms with van der Waals surface area (Å²) in [5.74, 6) is -0.708. The molecule has 1 unspecified atom stereocenters. The van der Waals surface area contributed by atoms with Gasteiger partial charge in [-0.25, -0.2) is 4.39 Å². The lowest BCUT2D eigenvalue weighted by Gasteiger charge is -2.23. The van der Waals surface area contributed by atoms with Gasteiger partial charge < -0.3 is 15.4 Å². The first-order valence-corrected chi connectivity index (χ1v) is 6.34. The molecule has 0 spiro atoms. The molecule has 1 aromatic rings. The molecule has 1 aromatic carbocycles. The molecule has 19 heavy (non-hydrogen) atoms. The molecule has 0 bridgehead atoms. The topological polar surface area (TPSA) is 33.3 Å². The van der Waals surface area contributed by atoms with Crippen molar-refractivity contribution in [1.82, 2.24) is 5.32 Å². The summed E-state index contributed by atoms with van der Waals surface area (Å²) < 4.78 is 41.5. The van der Waals surface area contributed by atoms with Crippen LogP contribution in [0, 0.1) is 11.7 Å². The maximum absolute atomic E-state index is 13.5. The van der Waals surface area contributed by atoms with Crippen molar-refractivity contribution in [3.63, 3.8) is 0 Å². The molecule has 0 aromatic heterocycles. The Balaban J connectivity index is 1.88. The highest BCUT2D eigenvalue weighted by Crippen LogP contribution is 2.23. The number of ether oxygens (including phenoxy) is 1. The first-order valence-electron chi connectivity index (χ1n) is 6.34. The number of halogens is 3. The molecular weight excluding hydrogens is 257 g/mol. The summed E-state index contributed by atoms with van der Waals surface area (Å²) in [6.07, 6.45) is 2.27. The molecule has 106 valence electrons. The van der Waals surface area contributed by atoms with Crippen LogP contribution in [0.2, 0.25) is 0 Å². The zero-order valence-electron chi connectivity index (χ0n) is 10.5. The molecule has 2 N–H and O–H groups in total. The van der Waals surface area contributed by atoms with Crippen LogP contribution in [0.4, 0.5) is 18.9 Å². The predicted octanol–water partition coefficient (Wildman–Crippen LogP) is 2.84. The van der Waals surface area contributed by atoms with Crippen molar-refractivity contribution >= 4 is 5.69 Å². The highest BCUT2D eigenvalue weighted by Gasteiger charge is 2.13. The lowest BCUT2D eigenvalue weighted by atomic mass is 10.00. The molecule has 6 heteroatoms. The van der Waals surface area contributed by atoms with Gasteiger partial charge in [0.15, 0.2) is 11.6 Å². The standard InChI is InChI=1S/C13H17F3N2O/c14-11-6-10(3-4-12(11)19-13(15)16)18-8-9-2-1-5-17-7-9/h3-4,6,9,13,17-18H,1-2,5,7-8H2. The van der Waals surface area contributed by atoms with Crippen LogP contribution in [-0.4, -0.2) is 26.2 Å². The molecule has 0 saturated carbocycles. The van der Waals surface area contributed by atoms with Gasteiger partial charge in [0.2, 0.25) is 0 Å². The highest BCUT2D eigenvalue weighted by atomic mass is 19.3. The van der Waals surface area contributed by atoms with E-state index in [9.17, 15) is 13.2 Å². The summed E-state index contributed by atoms with van der Waals surface area (Å²) in [5.41, 5.74) is 0.574. The molecule has 1 heterocycles. The van der Waals surface area contributed by atoms with Gasteiger partial charge in [-0.2, -0.15) is 8.78 Å². The van der Waals surface area contributed by atoms with Crippen LogP contribution in [-0.2, 0) is 0 Å². The third kappa shape index (κ3) is 4.31. The molecule has 0 amide bonds. The van der Waals surface area contributed by atoms with E-state index in [-0.39, 0.29) is 0 Å². The SMILES string of the molecule is Fc1cc(NCC2CCCNC2)ccc1OC(F)F. The van der Waals surface area contributed by atoms with E-state index in [1.165, 1.54) is 18.2 Å². The molecule has 1 atom stereocenters. The largest absolute Gasteiger partial charge is 0.432 e. The summed E-state index contributed by atoms with van der Waals surface area (Å²) in [4.78, 5) is 0. The molecule has 0 aliphatic carbocycles. The maximum Gasteiger partial charge on any atom is 0.387 e. The van der Waals surface area contributed by atoms with Crippen molar-refractivity contribution in [2.24, 2.45) is 5.92 Å². The second-order valence-corrected chi connectivity index (χ2v) is 4.62. The fourth-order valence-electron chi connectivity index (χ4n) is 2.16. The van der Waals surface area contributed by atoms with Crippen LogP contribution in [0.15, 0.2) is 18.2 Å². The van der Waals surface area contributed by atoms with Gasteiger partial charge >= 0.3 is 6.61 Å². The third-order valence-corrected chi connectivity index (χ3v) is 3.14. The van der Waals surface area contributed by atoms with E-state index >= 15 is 0 Å². The third-order valence-electron chi connectivity index (χ3n) is 3.14. The van der Waals surface area contributed by atoms with Gasteiger partial charge in [-0.3, -0.25) is 0 Å². The molecule has 0 radical (unpaired) electrons. The average Bonchev–Trinajstić information content (AvgIpc) is 2.40. The second-order valence-electron chi connectivity index (χ2n) is 4.62. The summed E-state index contributed by atoms with van der Waals surface area (Å²) in [6.45, 7) is -0.282. The van der Waals surface area contributed by atoms with E-state index in [0.717, 1.165) is 32.5 Å². The molecule has 1 saturated heterocycles. The Morgan fingerprint density at radius 1 is 1.42 bits per heavy atom. The average molecular weight is 274 g/mol. The molecule has 1 fully saturated rings. The minimum absolute atomic E-state index is 0.431. The Morgan fingerprint density at radius 3 is 2.89 bits per heavy atom. The number of nitrogens with one attached hydrogen (secondary N) is 2. The van der Waals surface area contributed by atoms with Gasteiger partial charge in [0.25, 0.3) is 0 Å². The quantitative estimate of drug-likeness (QED) is 0.866. The number of rotatable bonds is 5. The van der Waals surface area contributed by atoms with Gasteiger partial charge in [-0.05, 0) is 44.0 Å². The van der Waals surface area contributed by atoms with Crippen LogP contribution >= 0.6 is 0 Å². The number of hydrogen-bond acceptors (Lipinski definition) is 3. The van der Waals surface area contributed by atoms with Gasteiger partial charge in [0.1, 0.15) is 0 Å². The normalized spacial score (nSPS) is 19.5. The predicted molar refractivity (Wildman–Crippen MR) is 67.1 cm³/mol. The first kappa shape index (κ1) is 14.0. The summed E-state index contributed by atoms with van der Waals surface area (Å²) in [6, 6.07) is 3.92. The Morgan fingerprint density at radius 2 is 2.26 bits per heavy atom. The molecule has 2 rings (SSSR count). The lowest BCUT2D eigenvalue weighted by molar-refractivity contribution is -0.0521. The molecule has 1 aliphatic heterocycles. The van der Waals surface area contributed by atoms with Gasteiger partial charge in [-0.15, -0.1) is 0 Å². The number of piperidine rings is 1. The Kier molecular flexibility index (Phi) is 4.90. The van der Waals surface area contributed by atoms with Crippen molar-refractivity contribution in [2.45, 2.75) is 19.5 Å². The lowest BCUT2D eigenvalue weighted by Crippen LogP contribution is -2.33. The van der Waals surface area contributed by atoms with Crippen LogP contribution in [0.5, 0.6) is 5.75 Å². The van der Waals surface area contributed by atoms with E-state index < -0.39 is 18.2 Å². The zero-order valence-corrected chi connectivity index (χ0v) is 10.5. The number of hydrogen-bond donors (Lipinski definition) is 2. The Hall–Kier alpha value is -1.43. The summed E-state index contributed by atoms with van der Waals surface area (Å²) in [7, 11) is 0. The van der Waals surface area contributed by atoms with E-state index in [1.807, 2.05) is 0 Å². The van der Waals surface area contributed by atoms with Crippen molar-refractivity contribution in [1.29, 1.82) is 0 Å². The second kappa shape index (κ2) is 6.65. The summed E-state index contributed by atoms with van der Waals surface area (Å²) in [5, 5.41) is 6.41. The summed E-state index contributed by atoms with van der Waals surface area (Å²) >= 11 is 0. The van der Waals surface area contributed by atoms with E-state index in [4.69, 9.17) is 0 Å². The van der Waals surface area contributed by atoms with Gasteiger partial charge in [0.05, 0.1) is 0 Å². The van der Waals surface area contributed by atoms with E-state index in [0.29, 0.717) is 11.6 Å². The Labute approximate surface area is 110 Å². The van der Waals surface area contributed by atoms with Crippen molar-refractivity contribution in [2.75, 3.05) is 25.0 Å². The van der Waals surface area contributed by atoms with Crippen molar-refractivity contribution in [3.05, 3.63) is 24.0 Å². The van der Waals surface area contributed by atoms with Gasteiger partial charge in [-0.1, -0.05) is 0 Å². The smallest absolute Gasteiger partial charge is 0.387 e. The van der Waals surface area contributed by atoms with Crippen LogP contribution in [0.3, 0.4) is 0 Å². The first-order chi connectivity index (χ1) is 9.15. The Bertz CT molecular complexity index is 409. The van der Waals surface area contributed by atoms with Crippen LogP contribution in [0.25, 0.3) is 0 Å². The molecular formula is C13H17F3N2O. The van der Waals surface area contributed by atoms with Crippen LogP contribution < -0.4 is 15.4 Å². The highest BCUT2D eigenvalue weighted by molar-refractivity contribution is 5.47.